The summed E-state index contributed by atoms with van der Waals surface area (Å²) in [7, 11) is 0. The fraction of sp³-hybridized carbons (Fsp3) is 0.500. The molecule has 0 bridgehead atoms. The number of anilines is 1. The summed E-state index contributed by atoms with van der Waals surface area (Å²) in [6.07, 6.45) is 7.79. The van der Waals surface area contributed by atoms with Gasteiger partial charge in [0.1, 0.15) is 29.7 Å². The van der Waals surface area contributed by atoms with Gasteiger partial charge in [-0.2, -0.15) is 0 Å². The molecule has 0 amide bonds. The second-order valence-electron chi connectivity index (χ2n) is 6.32. The lowest BCUT2D eigenvalue weighted by Crippen LogP contribution is -2.14. The van der Waals surface area contributed by atoms with E-state index in [1.54, 1.807) is 0 Å². The van der Waals surface area contributed by atoms with Crippen LogP contribution in [0.25, 0.3) is 0 Å². The first-order valence-corrected chi connectivity index (χ1v) is 9.43. The number of aromatic nitrogens is 2. The van der Waals surface area contributed by atoms with Gasteiger partial charge in [-0.1, -0.05) is 49.9 Å². The van der Waals surface area contributed by atoms with Gasteiger partial charge < -0.3 is 10.1 Å². The highest BCUT2D eigenvalue weighted by molar-refractivity contribution is 6.30. The first kappa shape index (κ1) is 19.5. The van der Waals surface area contributed by atoms with E-state index in [2.05, 4.69) is 47.3 Å². The minimum Gasteiger partial charge on any atom is -0.491 e. The molecule has 2 aromatic rings. The summed E-state index contributed by atoms with van der Waals surface area (Å²) >= 11 is 5.99. The molecule has 1 N–H and O–H groups in total. The predicted octanol–water partition coefficient (Wildman–Crippen LogP) is 5.36. The molecular formula is C20H28ClN3O. The summed E-state index contributed by atoms with van der Waals surface area (Å²) in [4.78, 5) is 8.14. The number of halogens is 1. The van der Waals surface area contributed by atoms with E-state index in [-0.39, 0.29) is 0 Å². The van der Waals surface area contributed by atoms with Crippen LogP contribution in [-0.4, -0.2) is 23.1 Å². The van der Waals surface area contributed by atoms with E-state index < -0.39 is 0 Å². The molecule has 0 aliphatic heterocycles. The van der Waals surface area contributed by atoms with Crippen molar-refractivity contribution >= 4 is 17.4 Å². The molecule has 4 nitrogen and oxygen atoms in total. The number of aryl methyl sites for hydroxylation is 2. The van der Waals surface area contributed by atoms with E-state index >= 15 is 0 Å². The molecule has 25 heavy (non-hydrogen) atoms. The highest BCUT2D eigenvalue weighted by Crippen LogP contribution is 2.21. The second-order valence-corrected chi connectivity index (χ2v) is 6.68. The molecule has 0 aliphatic carbocycles. The Morgan fingerprint density at radius 3 is 2.72 bits per heavy atom. The Kier molecular flexibility index (Phi) is 7.99. The average Bonchev–Trinajstić information content (AvgIpc) is 2.60. The van der Waals surface area contributed by atoms with E-state index in [1.807, 2.05) is 6.92 Å². The van der Waals surface area contributed by atoms with Crippen LogP contribution in [0.5, 0.6) is 5.75 Å². The molecule has 2 rings (SSSR count). The third-order valence-corrected chi connectivity index (χ3v) is 4.61. The largest absolute Gasteiger partial charge is 0.491 e. The van der Waals surface area contributed by atoms with Gasteiger partial charge in [-0.3, -0.25) is 0 Å². The fourth-order valence-corrected chi connectivity index (χ4v) is 2.86. The lowest BCUT2D eigenvalue weighted by atomic mass is 10.0. The summed E-state index contributed by atoms with van der Waals surface area (Å²) < 4.78 is 5.89. The maximum absolute atomic E-state index is 5.99. The maximum atomic E-state index is 5.99. The SMILES string of the molecule is CCCCCCc1ccc(OCCNc2ncnc(Cl)c2C)c(C)c1. The van der Waals surface area contributed by atoms with Gasteiger partial charge in [-0.25, -0.2) is 9.97 Å². The standard InChI is InChI=1S/C20H28ClN3O/c1-4-5-6-7-8-17-9-10-18(15(2)13-17)25-12-11-22-20-16(3)19(21)23-14-24-20/h9-10,13-14H,4-8,11-12H2,1-3H3,(H,22,23,24). The van der Waals surface area contributed by atoms with Gasteiger partial charge in [0.2, 0.25) is 0 Å². The molecule has 0 atom stereocenters. The van der Waals surface area contributed by atoms with Gasteiger partial charge in [-0.15, -0.1) is 0 Å². The Balaban J connectivity index is 1.78. The summed E-state index contributed by atoms with van der Waals surface area (Å²) in [5, 5.41) is 3.71. The van der Waals surface area contributed by atoms with Crippen LogP contribution in [0.15, 0.2) is 24.5 Å². The Morgan fingerprint density at radius 2 is 1.96 bits per heavy atom. The van der Waals surface area contributed by atoms with Crippen molar-refractivity contribution < 1.29 is 4.74 Å². The number of hydrogen-bond donors (Lipinski definition) is 1. The minimum absolute atomic E-state index is 0.476. The van der Waals surface area contributed by atoms with Crippen molar-refractivity contribution in [2.45, 2.75) is 52.9 Å². The molecule has 1 aromatic heterocycles. The Labute approximate surface area is 156 Å². The van der Waals surface area contributed by atoms with Crippen molar-refractivity contribution in [3.05, 3.63) is 46.4 Å². The zero-order chi connectivity index (χ0) is 18.1. The molecule has 0 radical (unpaired) electrons. The number of rotatable bonds is 10. The Morgan fingerprint density at radius 1 is 1.12 bits per heavy atom. The van der Waals surface area contributed by atoms with Crippen LogP contribution in [0.2, 0.25) is 5.15 Å². The third kappa shape index (κ3) is 6.20. The molecule has 0 fully saturated rings. The van der Waals surface area contributed by atoms with Gasteiger partial charge in [-0.05, 0) is 43.9 Å². The number of benzene rings is 1. The van der Waals surface area contributed by atoms with E-state index in [0.29, 0.717) is 18.3 Å². The van der Waals surface area contributed by atoms with Crippen LogP contribution in [0.4, 0.5) is 5.82 Å². The molecule has 5 heteroatoms. The number of nitrogens with zero attached hydrogens (tertiary/aromatic N) is 2. The number of hydrogen-bond acceptors (Lipinski definition) is 4. The molecule has 1 aromatic carbocycles. The number of unbranched alkanes of at least 4 members (excludes halogenated alkanes) is 3. The van der Waals surface area contributed by atoms with Crippen LogP contribution < -0.4 is 10.1 Å². The van der Waals surface area contributed by atoms with Gasteiger partial charge in [0.05, 0.1) is 6.54 Å². The summed E-state index contributed by atoms with van der Waals surface area (Å²) in [6.45, 7) is 7.47. The molecule has 0 aliphatic rings. The van der Waals surface area contributed by atoms with Gasteiger partial charge in [0, 0.05) is 5.56 Å². The molecule has 1 heterocycles. The van der Waals surface area contributed by atoms with Crippen molar-refractivity contribution in [1.29, 1.82) is 0 Å². The van der Waals surface area contributed by atoms with Gasteiger partial charge >= 0.3 is 0 Å². The zero-order valence-electron chi connectivity index (χ0n) is 15.4. The second kappa shape index (κ2) is 10.2. The van der Waals surface area contributed by atoms with E-state index in [9.17, 15) is 0 Å². The number of nitrogens with one attached hydrogen (secondary N) is 1. The van der Waals surface area contributed by atoms with Crippen LogP contribution in [0.1, 0.15) is 49.3 Å². The fourth-order valence-electron chi connectivity index (χ4n) is 2.72. The minimum atomic E-state index is 0.476. The third-order valence-electron chi connectivity index (χ3n) is 4.23. The molecule has 0 spiro atoms. The predicted molar refractivity (Wildman–Crippen MR) is 105 cm³/mol. The van der Waals surface area contributed by atoms with Crippen molar-refractivity contribution in [2.24, 2.45) is 0 Å². The highest BCUT2D eigenvalue weighted by Gasteiger charge is 2.05. The summed E-state index contributed by atoms with van der Waals surface area (Å²) in [6, 6.07) is 6.50. The highest BCUT2D eigenvalue weighted by atomic mass is 35.5. The van der Waals surface area contributed by atoms with Crippen molar-refractivity contribution in [3.8, 4) is 5.75 Å². The normalized spacial score (nSPS) is 10.7. The van der Waals surface area contributed by atoms with Crippen LogP contribution in [0, 0.1) is 13.8 Å². The topological polar surface area (TPSA) is 47.0 Å². The van der Waals surface area contributed by atoms with E-state index in [1.165, 1.54) is 43.1 Å². The molecule has 0 saturated carbocycles. The smallest absolute Gasteiger partial charge is 0.137 e. The maximum Gasteiger partial charge on any atom is 0.137 e. The average molecular weight is 362 g/mol. The lowest BCUT2D eigenvalue weighted by Gasteiger charge is -2.12. The summed E-state index contributed by atoms with van der Waals surface area (Å²) in [5.41, 5.74) is 3.44. The zero-order valence-corrected chi connectivity index (χ0v) is 16.2. The van der Waals surface area contributed by atoms with Crippen LogP contribution >= 0.6 is 11.6 Å². The number of ether oxygens (including phenoxy) is 1. The first-order valence-electron chi connectivity index (χ1n) is 9.05. The monoisotopic (exact) mass is 361 g/mol. The van der Waals surface area contributed by atoms with Crippen molar-refractivity contribution in [1.82, 2.24) is 9.97 Å². The van der Waals surface area contributed by atoms with Crippen molar-refractivity contribution in [2.75, 3.05) is 18.5 Å². The van der Waals surface area contributed by atoms with Gasteiger partial charge in [0.25, 0.3) is 0 Å². The molecular weight excluding hydrogens is 334 g/mol. The quantitative estimate of drug-likeness (QED) is 0.457. The lowest BCUT2D eigenvalue weighted by molar-refractivity contribution is 0.330. The van der Waals surface area contributed by atoms with Crippen molar-refractivity contribution in [3.63, 3.8) is 0 Å². The van der Waals surface area contributed by atoms with E-state index in [4.69, 9.17) is 16.3 Å². The molecule has 0 unspecified atom stereocenters. The first-order chi connectivity index (χ1) is 12.1. The summed E-state index contributed by atoms with van der Waals surface area (Å²) in [5.74, 6) is 1.69. The molecule has 136 valence electrons. The Bertz CT molecular complexity index is 676. The van der Waals surface area contributed by atoms with Crippen LogP contribution in [-0.2, 0) is 6.42 Å². The van der Waals surface area contributed by atoms with Gasteiger partial charge in [0.15, 0.2) is 0 Å². The molecule has 0 saturated heterocycles. The van der Waals surface area contributed by atoms with Crippen LogP contribution in [0.3, 0.4) is 0 Å². The Hall–Kier alpha value is -1.81. The van der Waals surface area contributed by atoms with E-state index in [0.717, 1.165) is 23.6 Å².